The zero-order valence-electron chi connectivity index (χ0n) is 18.0. The largest absolute Gasteiger partial charge is 0.465 e. The van der Waals surface area contributed by atoms with Gasteiger partial charge in [-0.25, -0.2) is 9.78 Å². The standard InChI is InChI=1S/C23H19F3N4O4/c1-12-6-17(30-22(33)34)18(8-16(12)23(24,25)26)29-21(32)9-20(31)15-5-3-4-14(7-15)19-11-27-10-13(2)28-19/h3-8,10-11,30H,9H2,1-2H3,(H,29,32)(H,33,34). The van der Waals surface area contributed by atoms with Crippen LogP contribution in [0, 0.1) is 13.8 Å². The minimum absolute atomic E-state index is 0.194. The Labute approximate surface area is 191 Å². The van der Waals surface area contributed by atoms with E-state index in [0.29, 0.717) is 23.0 Å². The molecule has 1 heterocycles. The molecule has 0 aliphatic carbocycles. The first kappa shape index (κ1) is 24.4. The molecule has 34 heavy (non-hydrogen) atoms. The summed E-state index contributed by atoms with van der Waals surface area (Å²) < 4.78 is 39.8. The van der Waals surface area contributed by atoms with Crippen LogP contribution in [0.2, 0.25) is 0 Å². The molecule has 11 heteroatoms. The van der Waals surface area contributed by atoms with Gasteiger partial charge in [0.05, 0.1) is 40.9 Å². The van der Waals surface area contributed by atoms with Crippen LogP contribution in [0.4, 0.5) is 29.3 Å². The lowest BCUT2D eigenvalue weighted by Crippen LogP contribution is -2.20. The van der Waals surface area contributed by atoms with Crippen molar-refractivity contribution >= 4 is 29.2 Å². The highest BCUT2D eigenvalue weighted by molar-refractivity contribution is 6.12. The number of halogens is 3. The SMILES string of the molecule is Cc1cncc(-c2cccc(C(=O)CC(=O)Nc3cc(C(F)(F)F)c(C)cc3NC(=O)O)c2)n1. The topological polar surface area (TPSA) is 121 Å². The summed E-state index contributed by atoms with van der Waals surface area (Å²) in [6, 6.07) is 7.93. The molecule has 0 atom stereocenters. The van der Waals surface area contributed by atoms with Crippen molar-refractivity contribution in [3.63, 3.8) is 0 Å². The second kappa shape index (κ2) is 9.69. The van der Waals surface area contributed by atoms with Crippen LogP contribution in [0.3, 0.4) is 0 Å². The lowest BCUT2D eigenvalue weighted by molar-refractivity contribution is -0.138. The molecule has 0 saturated heterocycles. The molecule has 0 aliphatic heterocycles. The third-order valence-electron chi connectivity index (χ3n) is 4.74. The summed E-state index contributed by atoms with van der Waals surface area (Å²) in [5, 5.41) is 13.1. The fraction of sp³-hybridized carbons (Fsp3) is 0.174. The quantitative estimate of drug-likeness (QED) is 0.340. The molecule has 3 N–H and O–H groups in total. The Morgan fingerprint density at radius 3 is 2.35 bits per heavy atom. The molecule has 176 valence electrons. The van der Waals surface area contributed by atoms with Crippen molar-refractivity contribution in [2.24, 2.45) is 0 Å². The maximum absolute atomic E-state index is 13.3. The van der Waals surface area contributed by atoms with Crippen LogP contribution in [0.15, 0.2) is 48.8 Å². The van der Waals surface area contributed by atoms with Gasteiger partial charge in [-0.3, -0.25) is 19.9 Å². The highest BCUT2D eigenvalue weighted by Gasteiger charge is 2.33. The van der Waals surface area contributed by atoms with Gasteiger partial charge < -0.3 is 10.4 Å². The average molecular weight is 472 g/mol. The number of ketones is 1. The Morgan fingerprint density at radius 2 is 1.71 bits per heavy atom. The van der Waals surface area contributed by atoms with Crippen LogP contribution in [0.1, 0.15) is 33.6 Å². The number of benzene rings is 2. The van der Waals surface area contributed by atoms with Gasteiger partial charge in [-0.1, -0.05) is 18.2 Å². The molecule has 0 radical (unpaired) electrons. The Hall–Kier alpha value is -4.28. The van der Waals surface area contributed by atoms with Gasteiger partial charge in [-0.05, 0) is 37.6 Å². The van der Waals surface area contributed by atoms with E-state index in [1.807, 2.05) is 5.32 Å². The van der Waals surface area contributed by atoms with Crippen molar-refractivity contribution in [3.8, 4) is 11.3 Å². The third kappa shape index (κ3) is 5.94. The monoisotopic (exact) mass is 472 g/mol. The van der Waals surface area contributed by atoms with Gasteiger partial charge in [-0.2, -0.15) is 13.2 Å². The van der Waals surface area contributed by atoms with Gasteiger partial charge in [0.15, 0.2) is 5.78 Å². The predicted molar refractivity (Wildman–Crippen MR) is 118 cm³/mol. The number of alkyl halides is 3. The molecule has 0 unspecified atom stereocenters. The van der Waals surface area contributed by atoms with Gasteiger partial charge >= 0.3 is 12.3 Å². The van der Waals surface area contributed by atoms with Gasteiger partial charge in [0.1, 0.15) is 0 Å². The van der Waals surface area contributed by atoms with Crippen molar-refractivity contribution in [2.45, 2.75) is 26.4 Å². The van der Waals surface area contributed by atoms with E-state index in [1.165, 1.54) is 18.3 Å². The van der Waals surface area contributed by atoms with Crippen molar-refractivity contribution in [1.82, 2.24) is 9.97 Å². The summed E-state index contributed by atoms with van der Waals surface area (Å²) in [4.78, 5) is 44.5. The minimum Gasteiger partial charge on any atom is -0.465 e. The molecule has 0 aliphatic rings. The fourth-order valence-electron chi connectivity index (χ4n) is 3.23. The minimum atomic E-state index is -4.72. The zero-order chi connectivity index (χ0) is 25.0. The molecule has 8 nitrogen and oxygen atoms in total. The summed E-state index contributed by atoms with van der Waals surface area (Å²) in [5.41, 5.74) is 0.0566. The summed E-state index contributed by atoms with van der Waals surface area (Å²) in [7, 11) is 0. The van der Waals surface area contributed by atoms with E-state index in [9.17, 15) is 27.6 Å². The first-order chi connectivity index (χ1) is 15.9. The molecule has 1 aromatic heterocycles. The van der Waals surface area contributed by atoms with Gasteiger partial charge in [0, 0.05) is 17.3 Å². The lowest BCUT2D eigenvalue weighted by Gasteiger charge is -2.17. The molecule has 0 saturated carbocycles. The number of nitrogens with zero attached hydrogens (tertiary/aromatic N) is 2. The van der Waals surface area contributed by atoms with Crippen LogP contribution in [0.5, 0.6) is 0 Å². The van der Waals surface area contributed by atoms with Crippen molar-refractivity contribution in [1.29, 1.82) is 0 Å². The van der Waals surface area contributed by atoms with Crippen LogP contribution in [-0.4, -0.2) is 32.9 Å². The van der Waals surface area contributed by atoms with E-state index in [2.05, 4.69) is 15.3 Å². The summed E-state index contributed by atoms with van der Waals surface area (Å²) >= 11 is 0. The number of carbonyl (C=O) groups excluding carboxylic acids is 2. The number of aromatic nitrogens is 2. The number of carbonyl (C=O) groups is 3. The number of nitrogens with one attached hydrogen (secondary N) is 2. The lowest BCUT2D eigenvalue weighted by atomic mass is 10.0. The molecule has 0 fully saturated rings. The molecule has 0 spiro atoms. The Morgan fingerprint density at radius 1 is 1.00 bits per heavy atom. The molecular formula is C23H19F3N4O4. The van der Waals surface area contributed by atoms with Gasteiger partial charge in [0.2, 0.25) is 5.91 Å². The van der Waals surface area contributed by atoms with Crippen LogP contribution >= 0.6 is 0 Å². The maximum Gasteiger partial charge on any atom is 0.416 e. The number of hydrogen-bond acceptors (Lipinski definition) is 5. The van der Waals surface area contributed by atoms with Crippen LogP contribution in [-0.2, 0) is 11.0 Å². The Kier molecular flexibility index (Phi) is 6.94. The van der Waals surface area contributed by atoms with Crippen molar-refractivity contribution < 1.29 is 32.7 Å². The highest BCUT2D eigenvalue weighted by atomic mass is 19.4. The van der Waals surface area contributed by atoms with Crippen LogP contribution in [0.25, 0.3) is 11.3 Å². The number of anilines is 2. The van der Waals surface area contributed by atoms with E-state index in [4.69, 9.17) is 5.11 Å². The summed E-state index contributed by atoms with van der Waals surface area (Å²) in [6.07, 6.45) is -3.83. The Balaban J connectivity index is 1.82. The van der Waals surface area contributed by atoms with E-state index >= 15 is 0 Å². The molecule has 0 bridgehead atoms. The smallest absolute Gasteiger partial charge is 0.416 e. The first-order valence-electron chi connectivity index (χ1n) is 9.88. The summed E-state index contributed by atoms with van der Waals surface area (Å²) in [5.74, 6) is -1.49. The van der Waals surface area contributed by atoms with E-state index < -0.39 is 41.6 Å². The number of carboxylic acid groups (broad SMARTS) is 1. The third-order valence-corrected chi connectivity index (χ3v) is 4.74. The number of Topliss-reactive ketones (excluding diaryl/α,β-unsaturated/α-hetero) is 1. The predicted octanol–water partition coefficient (Wildman–Crippen LogP) is 5.08. The second-order valence-corrected chi connectivity index (χ2v) is 7.42. The van der Waals surface area contributed by atoms with Gasteiger partial charge in [-0.15, -0.1) is 0 Å². The highest BCUT2D eigenvalue weighted by Crippen LogP contribution is 2.37. The normalized spacial score (nSPS) is 11.1. The fourth-order valence-corrected chi connectivity index (χ4v) is 3.23. The number of aryl methyl sites for hydroxylation is 2. The average Bonchev–Trinajstić information content (AvgIpc) is 2.74. The van der Waals surface area contributed by atoms with E-state index in [1.54, 1.807) is 25.3 Å². The van der Waals surface area contributed by atoms with E-state index in [-0.39, 0.29) is 16.8 Å². The number of rotatable bonds is 6. The zero-order valence-corrected chi connectivity index (χ0v) is 18.0. The molecule has 3 aromatic rings. The van der Waals surface area contributed by atoms with E-state index in [0.717, 1.165) is 13.0 Å². The second-order valence-electron chi connectivity index (χ2n) is 7.42. The molecular weight excluding hydrogens is 453 g/mol. The van der Waals surface area contributed by atoms with Gasteiger partial charge in [0.25, 0.3) is 0 Å². The van der Waals surface area contributed by atoms with Crippen molar-refractivity contribution in [3.05, 3.63) is 71.2 Å². The first-order valence-corrected chi connectivity index (χ1v) is 9.88. The molecule has 3 rings (SSSR count). The molecule has 2 aromatic carbocycles. The van der Waals surface area contributed by atoms with Crippen molar-refractivity contribution in [2.75, 3.05) is 10.6 Å². The number of amides is 2. The number of hydrogen-bond donors (Lipinski definition) is 3. The Bertz CT molecular complexity index is 1280. The summed E-state index contributed by atoms with van der Waals surface area (Å²) in [6.45, 7) is 2.93. The van der Waals surface area contributed by atoms with Crippen LogP contribution < -0.4 is 10.6 Å². The maximum atomic E-state index is 13.3. The molecule has 2 amide bonds.